The average molecular weight is 272 g/mol. The molecule has 3 nitrogen and oxygen atoms in total. The number of alkyl halides is 1. The summed E-state index contributed by atoms with van der Waals surface area (Å²) < 4.78 is 29.2. The molecule has 1 unspecified atom stereocenters. The number of rotatable bonds is 2. The van der Waals surface area contributed by atoms with Gasteiger partial charge in [-0.25, -0.2) is 8.42 Å². The van der Waals surface area contributed by atoms with Crippen LogP contribution < -0.4 is 29.6 Å². The second-order valence-corrected chi connectivity index (χ2v) is 5.21. The van der Waals surface area contributed by atoms with Gasteiger partial charge in [-0.05, 0) is 6.42 Å². The Morgan fingerprint density at radius 1 is 1.67 bits per heavy atom. The molecule has 0 aliphatic carbocycles. The van der Waals surface area contributed by atoms with Gasteiger partial charge in [-0.3, -0.25) is 0 Å². The van der Waals surface area contributed by atoms with Crippen molar-refractivity contribution in [3.8, 4) is 0 Å². The second kappa shape index (κ2) is 5.31. The molecule has 0 spiro atoms. The van der Waals surface area contributed by atoms with Crippen LogP contribution in [0.3, 0.4) is 0 Å². The molecule has 0 radical (unpaired) electrons. The summed E-state index contributed by atoms with van der Waals surface area (Å²) in [6.07, 6.45) is 0.381. The predicted octanol–water partition coefficient (Wildman–Crippen LogP) is -2.29. The van der Waals surface area contributed by atoms with Crippen molar-refractivity contribution in [3.05, 3.63) is 0 Å². The molecule has 0 aromatic rings. The van der Waals surface area contributed by atoms with Crippen LogP contribution >= 0.6 is 22.6 Å². The van der Waals surface area contributed by atoms with Crippen LogP contribution in [-0.2, 0) is 10.1 Å². The van der Waals surface area contributed by atoms with E-state index in [-0.39, 0.29) is 29.6 Å². The Bertz CT molecular complexity index is 154. The van der Waals surface area contributed by atoms with Crippen LogP contribution in [-0.4, -0.2) is 16.2 Å². The zero-order chi connectivity index (χ0) is 6.78. The molecular weight excluding hydrogens is 266 g/mol. The van der Waals surface area contributed by atoms with E-state index in [0.717, 1.165) is 0 Å². The van der Waals surface area contributed by atoms with Gasteiger partial charge in [0.05, 0.1) is 0 Å². The van der Waals surface area contributed by atoms with Gasteiger partial charge < -0.3 is 4.55 Å². The van der Waals surface area contributed by atoms with Crippen molar-refractivity contribution in [1.82, 2.24) is 0 Å². The van der Waals surface area contributed by atoms with Crippen molar-refractivity contribution in [3.63, 3.8) is 0 Å². The van der Waals surface area contributed by atoms with E-state index in [1.165, 1.54) is 0 Å². The fraction of sp³-hybridized carbons (Fsp3) is 1.00. The van der Waals surface area contributed by atoms with Crippen molar-refractivity contribution in [2.45, 2.75) is 16.6 Å². The van der Waals surface area contributed by atoms with E-state index in [2.05, 4.69) is 0 Å². The minimum Gasteiger partial charge on any atom is -0.747 e. The number of hydrogen-bond acceptors (Lipinski definition) is 3. The molecule has 0 aromatic heterocycles. The molecule has 0 heterocycles. The summed E-state index contributed by atoms with van der Waals surface area (Å²) in [7, 11) is -4.02. The van der Waals surface area contributed by atoms with Crippen LogP contribution in [0.4, 0.5) is 0 Å². The number of halogens is 1. The Hall–Kier alpha value is 1.64. The average Bonchev–Trinajstić information content (AvgIpc) is 1.62. The van der Waals surface area contributed by atoms with Gasteiger partial charge in [0, 0.05) is 0 Å². The van der Waals surface area contributed by atoms with E-state index in [1.807, 2.05) is 0 Å². The third kappa shape index (κ3) is 6.05. The first-order valence-corrected chi connectivity index (χ1v) is 4.79. The van der Waals surface area contributed by atoms with E-state index in [9.17, 15) is 13.0 Å². The molecule has 0 aromatic carbocycles. The first kappa shape index (κ1) is 13.2. The minimum atomic E-state index is -4.02. The standard InChI is InChI=1S/C3H7IO3S.Na/c1-2-3(4)8(5,6)7;/h3H,2H2,1H3,(H,5,6,7);/q;+1/p-1. The molecule has 0 saturated heterocycles. The van der Waals surface area contributed by atoms with Crippen molar-refractivity contribution in [2.75, 3.05) is 0 Å². The summed E-state index contributed by atoms with van der Waals surface area (Å²) >= 11 is 1.61. The van der Waals surface area contributed by atoms with E-state index in [1.54, 1.807) is 29.5 Å². The first-order valence-electron chi connectivity index (χ1n) is 2.07. The van der Waals surface area contributed by atoms with Gasteiger partial charge in [0.25, 0.3) is 0 Å². The maximum Gasteiger partial charge on any atom is 1.00 e. The summed E-state index contributed by atoms with van der Waals surface area (Å²) in [4.78, 5) is 0. The van der Waals surface area contributed by atoms with Crippen molar-refractivity contribution >= 4 is 32.7 Å². The fourth-order valence-corrected chi connectivity index (χ4v) is 0.612. The van der Waals surface area contributed by atoms with Crippen molar-refractivity contribution in [2.24, 2.45) is 0 Å². The first-order chi connectivity index (χ1) is 3.48. The van der Waals surface area contributed by atoms with Gasteiger partial charge in [0.2, 0.25) is 0 Å². The molecule has 0 N–H and O–H groups in total. The Morgan fingerprint density at radius 3 is 2.00 bits per heavy atom. The summed E-state index contributed by atoms with van der Waals surface area (Å²) in [6.45, 7) is 1.66. The molecule has 0 bridgehead atoms. The molecule has 0 rings (SSSR count). The van der Waals surface area contributed by atoms with Gasteiger partial charge in [-0.15, -0.1) is 0 Å². The normalized spacial score (nSPS) is 14.1. The zero-order valence-corrected chi connectivity index (χ0v) is 10.3. The smallest absolute Gasteiger partial charge is 0.747 e. The Labute approximate surface area is 90.8 Å². The zero-order valence-electron chi connectivity index (χ0n) is 5.30. The molecule has 0 aliphatic rings. The SMILES string of the molecule is CCC(I)S(=O)(=O)[O-].[Na+]. The van der Waals surface area contributed by atoms with Gasteiger partial charge in [-0.1, -0.05) is 29.5 Å². The fourth-order valence-electron chi connectivity index (χ4n) is 0.204. The van der Waals surface area contributed by atoms with E-state index in [0.29, 0.717) is 6.42 Å². The van der Waals surface area contributed by atoms with Gasteiger partial charge in [0.1, 0.15) is 13.4 Å². The van der Waals surface area contributed by atoms with Crippen LogP contribution in [0.2, 0.25) is 0 Å². The quantitative estimate of drug-likeness (QED) is 0.246. The van der Waals surface area contributed by atoms with Crippen LogP contribution in [0, 0.1) is 0 Å². The third-order valence-electron chi connectivity index (χ3n) is 0.634. The molecule has 0 fully saturated rings. The third-order valence-corrected chi connectivity index (χ3v) is 4.34. The monoisotopic (exact) mass is 272 g/mol. The topological polar surface area (TPSA) is 57.2 Å². The summed E-state index contributed by atoms with van der Waals surface area (Å²) in [5.74, 6) is 0. The summed E-state index contributed by atoms with van der Waals surface area (Å²) in [5, 5.41) is 0. The molecule has 0 aliphatic heterocycles. The maximum atomic E-state index is 10.00. The van der Waals surface area contributed by atoms with Gasteiger partial charge >= 0.3 is 29.6 Å². The van der Waals surface area contributed by atoms with E-state index >= 15 is 0 Å². The molecular formula is C3H6INaO3S. The van der Waals surface area contributed by atoms with E-state index in [4.69, 9.17) is 0 Å². The van der Waals surface area contributed by atoms with Crippen molar-refractivity contribution in [1.29, 1.82) is 0 Å². The summed E-state index contributed by atoms with van der Waals surface area (Å²) in [5.41, 5.74) is 0. The van der Waals surface area contributed by atoms with Crippen molar-refractivity contribution < 1.29 is 42.5 Å². The summed E-state index contributed by atoms with van der Waals surface area (Å²) in [6, 6.07) is 0. The largest absolute Gasteiger partial charge is 1.00 e. The van der Waals surface area contributed by atoms with Crippen LogP contribution in [0.25, 0.3) is 0 Å². The Kier molecular flexibility index (Phi) is 7.82. The number of hydrogen-bond donors (Lipinski definition) is 0. The van der Waals surface area contributed by atoms with Crippen LogP contribution in [0.1, 0.15) is 13.3 Å². The van der Waals surface area contributed by atoms with Gasteiger partial charge in [0.15, 0.2) is 0 Å². The van der Waals surface area contributed by atoms with Crippen LogP contribution in [0.15, 0.2) is 0 Å². The molecule has 6 heteroatoms. The Morgan fingerprint density at radius 2 is 2.00 bits per heavy atom. The van der Waals surface area contributed by atoms with Crippen LogP contribution in [0.5, 0.6) is 0 Å². The predicted molar refractivity (Wildman–Crippen MR) is 37.8 cm³/mol. The maximum absolute atomic E-state index is 10.00. The molecule has 50 valence electrons. The molecule has 0 saturated carbocycles. The molecule has 9 heavy (non-hydrogen) atoms. The van der Waals surface area contributed by atoms with Gasteiger partial charge in [-0.2, -0.15) is 0 Å². The van der Waals surface area contributed by atoms with E-state index < -0.39 is 13.4 Å². The minimum absolute atomic E-state index is 0. The second-order valence-electron chi connectivity index (χ2n) is 1.31. The Balaban J connectivity index is 0. The molecule has 0 amide bonds. The molecule has 1 atom stereocenters.